The van der Waals surface area contributed by atoms with Crippen molar-refractivity contribution in [3.63, 3.8) is 0 Å². The lowest BCUT2D eigenvalue weighted by atomic mass is 10.3. The van der Waals surface area contributed by atoms with Crippen molar-refractivity contribution in [2.24, 2.45) is 0 Å². The summed E-state index contributed by atoms with van der Waals surface area (Å²) >= 11 is 0. The summed E-state index contributed by atoms with van der Waals surface area (Å²) in [6.45, 7) is 6.34. The average Bonchev–Trinajstić information content (AvgIpc) is 2.72. The second-order valence-corrected chi connectivity index (χ2v) is 7.95. The number of hydrogen-bond acceptors (Lipinski definition) is 4. The summed E-state index contributed by atoms with van der Waals surface area (Å²) in [5.74, 6) is 0.740. The molecule has 0 fully saturated rings. The van der Waals surface area contributed by atoms with Crippen molar-refractivity contribution in [3.05, 3.63) is 78.9 Å². The lowest BCUT2D eigenvalue weighted by Gasteiger charge is -2.10. The average molecular weight is 411 g/mol. The maximum Gasteiger partial charge on any atom is 0.166 e. The molecule has 0 spiro atoms. The van der Waals surface area contributed by atoms with E-state index in [1.807, 2.05) is 13.8 Å². The second-order valence-electron chi connectivity index (χ2n) is 5.92. The van der Waals surface area contributed by atoms with Gasteiger partial charge in [0.25, 0.3) is 0 Å². The summed E-state index contributed by atoms with van der Waals surface area (Å²) in [7, 11) is -0.150. The van der Waals surface area contributed by atoms with Crippen molar-refractivity contribution >= 4 is 16.9 Å². The van der Waals surface area contributed by atoms with E-state index in [4.69, 9.17) is 19.4 Å². The predicted octanol–water partition coefficient (Wildman–Crippen LogP) is 4.34. The third-order valence-corrected chi connectivity index (χ3v) is 5.95. The van der Waals surface area contributed by atoms with Crippen molar-refractivity contribution in [1.82, 2.24) is 0 Å². The van der Waals surface area contributed by atoms with Gasteiger partial charge in [0.15, 0.2) is 14.7 Å². The molecule has 0 aliphatic rings. The molecule has 3 rings (SSSR count). The molecule has 0 saturated heterocycles. The van der Waals surface area contributed by atoms with E-state index in [0.717, 1.165) is 18.4 Å². The van der Waals surface area contributed by atoms with Crippen LogP contribution in [0.2, 0.25) is 0 Å². The van der Waals surface area contributed by atoms with Crippen LogP contribution in [0.4, 0.5) is 0 Å². The zero-order chi connectivity index (χ0) is 21.1. The molecular formula is C24H26O4S. The number of benzene rings is 3. The molecule has 0 amide bonds. The Kier molecular flexibility index (Phi) is 9.12. The van der Waals surface area contributed by atoms with Crippen molar-refractivity contribution in [1.29, 1.82) is 0 Å². The molecule has 0 unspecified atom stereocenters. The molecular weight excluding hydrogens is 384 g/mol. The lowest BCUT2D eigenvalue weighted by Crippen LogP contribution is -2.16. The smallest absolute Gasteiger partial charge is 0.166 e. The Morgan fingerprint density at radius 2 is 1.07 bits per heavy atom. The minimum Gasteiger partial charge on any atom is -0.550 e. The van der Waals surface area contributed by atoms with Crippen LogP contribution in [0.3, 0.4) is 0 Å². The van der Waals surface area contributed by atoms with E-state index in [1.165, 1.54) is 14.7 Å². The fourth-order valence-corrected chi connectivity index (χ4v) is 4.70. The molecule has 0 bridgehead atoms. The van der Waals surface area contributed by atoms with Crippen LogP contribution in [0.25, 0.3) is 0 Å². The molecule has 0 aromatic heterocycles. The summed E-state index contributed by atoms with van der Waals surface area (Å²) in [6.07, 6.45) is 0. The van der Waals surface area contributed by atoms with Crippen LogP contribution < -0.4 is 14.6 Å². The van der Waals surface area contributed by atoms with E-state index >= 15 is 0 Å². The normalized spacial score (nSPS) is 10.1. The van der Waals surface area contributed by atoms with E-state index in [9.17, 15) is 0 Å². The molecule has 0 aliphatic heterocycles. The molecule has 0 aliphatic carbocycles. The van der Waals surface area contributed by atoms with Gasteiger partial charge in [-0.05, 0) is 81.4 Å². The molecule has 29 heavy (non-hydrogen) atoms. The van der Waals surface area contributed by atoms with Crippen LogP contribution in [0.1, 0.15) is 20.8 Å². The van der Waals surface area contributed by atoms with Gasteiger partial charge >= 0.3 is 0 Å². The molecule has 0 radical (unpaired) electrons. The largest absolute Gasteiger partial charge is 0.550 e. The van der Waals surface area contributed by atoms with Crippen molar-refractivity contribution in [2.75, 3.05) is 13.2 Å². The number of carboxylic acid groups (broad SMARTS) is 1. The number of ether oxygens (including phenoxy) is 2. The van der Waals surface area contributed by atoms with E-state index in [2.05, 4.69) is 78.9 Å². The van der Waals surface area contributed by atoms with Gasteiger partial charge in [-0.15, -0.1) is 0 Å². The molecule has 5 heteroatoms. The SMILES string of the molecule is CC(=O)[O-].CCOc1ccc([S+](c2ccccc2)c2ccc(OCC)cc2)cc1. The number of aliphatic carboxylic acids is 1. The standard InChI is InChI=1S/C22H23O2S.C2H4O2/c1-3-23-18-10-14-21(15-11-18)25(20-8-6-5-7-9-20)22-16-12-19(13-17-22)24-4-2;1-2(3)4/h5-17H,3-4H2,1-2H3;1H3,(H,3,4)/q+1;/p-1. The van der Waals surface area contributed by atoms with Crippen LogP contribution in [-0.2, 0) is 15.7 Å². The van der Waals surface area contributed by atoms with Crippen molar-refractivity contribution in [3.8, 4) is 11.5 Å². The van der Waals surface area contributed by atoms with Gasteiger partial charge in [-0.1, -0.05) is 18.2 Å². The molecule has 3 aromatic carbocycles. The van der Waals surface area contributed by atoms with Gasteiger partial charge in [0.2, 0.25) is 0 Å². The van der Waals surface area contributed by atoms with Gasteiger partial charge in [0.1, 0.15) is 11.5 Å². The molecule has 0 heterocycles. The maximum absolute atomic E-state index is 8.89. The number of hydrogen-bond donors (Lipinski definition) is 0. The molecule has 4 nitrogen and oxygen atoms in total. The first kappa shape index (κ1) is 22.4. The quantitative estimate of drug-likeness (QED) is 0.544. The Balaban J connectivity index is 0.000000687. The Morgan fingerprint density at radius 1 is 0.724 bits per heavy atom. The van der Waals surface area contributed by atoms with E-state index < -0.39 is 5.97 Å². The number of carbonyl (C=O) groups is 1. The first-order chi connectivity index (χ1) is 14.0. The Labute approximate surface area is 175 Å². The summed E-state index contributed by atoms with van der Waals surface area (Å²) in [5.41, 5.74) is 0. The van der Waals surface area contributed by atoms with Crippen molar-refractivity contribution < 1.29 is 19.4 Å². The van der Waals surface area contributed by atoms with E-state index in [-0.39, 0.29) is 10.9 Å². The third-order valence-electron chi connectivity index (χ3n) is 3.72. The summed E-state index contributed by atoms with van der Waals surface area (Å²) in [4.78, 5) is 12.7. The maximum atomic E-state index is 8.89. The summed E-state index contributed by atoms with van der Waals surface area (Å²) in [5, 5.41) is 8.89. The summed E-state index contributed by atoms with van der Waals surface area (Å²) in [6, 6.07) is 27.5. The van der Waals surface area contributed by atoms with Crippen LogP contribution in [0, 0.1) is 0 Å². The lowest BCUT2D eigenvalue weighted by molar-refractivity contribution is -0.302. The highest BCUT2D eigenvalue weighted by Crippen LogP contribution is 2.32. The second kappa shape index (κ2) is 11.8. The van der Waals surface area contributed by atoms with Crippen LogP contribution >= 0.6 is 0 Å². The van der Waals surface area contributed by atoms with Gasteiger partial charge in [-0.2, -0.15) is 0 Å². The molecule has 0 N–H and O–H groups in total. The zero-order valence-corrected chi connectivity index (χ0v) is 17.8. The van der Waals surface area contributed by atoms with Gasteiger partial charge in [-0.25, -0.2) is 0 Å². The third kappa shape index (κ3) is 7.20. The van der Waals surface area contributed by atoms with E-state index in [1.54, 1.807) is 0 Å². The minimum atomic E-state index is -1.08. The van der Waals surface area contributed by atoms with Gasteiger partial charge in [0, 0.05) is 5.97 Å². The van der Waals surface area contributed by atoms with Gasteiger partial charge < -0.3 is 19.4 Å². The highest BCUT2D eigenvalue weighted by molar-refractivity contribution is 7.97. The van der Waals surface area contributed by atoms with Crippen LogP contribution in [0.5, 0.6) is 11.5 Å². The van der Waals surface area contributed by atoms with E-state index in [0.29, 0.717) is 13.2 Å². The number of rotatable bonds is 7. The molecule has 152 valence electrons. The van der Waals surface area contributed by atoms with Gasteiger partial charge in [0.05, 0.1) is 24.1 Å². The zero-order valence-electron chi connectivity index (χ0n) is 17.0. The fourth-order valence-electron chi connectivity index (χ4n) is 2.64. The Bertz CT molecular complexity index is 808. The first-order valence-corrected chi connectivity index (χ1v) is 10.7. The predicted molar refractivity (Wildman–Crippen MR) is 115 cm³/mol. The molecule has 0 saturated carbocycles. The molecule has 0 atom stereocenters. The first-order valence-electron chi connectivity index (χ1n) is 9.47. The topological polar surface area (TPSA) is 58.6 Å². The Hall–Kier alpha value is -2.92. The highest BCUT2D eigenvalue weighted by Gasteiger charge is 2.28. The van der Waals surface area contributed by atoms with Gasteiger partial charge in [-0.3, -0.25) is 0 Å². The van der Waals surface area contributed by atoms with Crippen molar-refractivity contribution in [2.45, 2.75) is 35.5 Å². The number of carbonyl (C=O) groups excluding carboxylic acids is 1. The highest BCUT2D eigenvalue weighted by atomic mass is 32.2. The van der Waals surface area contributed by atoms with Crippen LogP contribution in [-0.4, -0.2) is 19.2 Å². The summed E-state index contributed by atoms with van der Waals surface area (Å²) < 4.78 is 11.2. The minimum absolute atomic E-state index is 0.150. The monoisotopic (exact) mass is 410 g/mol. The fraction of sp³-hybridized carbons (Fsp3) is 0.208. The number of carboxylic acids is 1. The Morgan fingerprint density at radius 3 is 1.41 bits per heavy atom. The van der Waals surface area contributed by atoms with Crippen LogP contribution in [0.15, 0.2) is 93.5 Å². The molecule has 3 aromatic rings.